The smallest absolute Gasteiger partial charge is 0.0991 e. The standard InChI is InChI=1S/C49H33N3/c50-32-33-18-23-41(24-19-33)52-48-27-22-38(37-21-26-47-44(29-37)42-16-7-8-17-46(42)51(47)40-14-5-2-6-15-40)30-45(48)43-25-20-39(31-49(43)52)36-13-9-12-35(28-36)34-10-3-1-4-11-34/h1-27,29-31,35H,28H2. The van der Waals surface area contributed by atoms with Gasteiger partial charge < -0.3 is 9.13 Å². The van der Waals surface area contributed by atoms with Crippen LogP contribution in [0, 0.1) is 11.3 Å². The average molecular weight is 664 g/mol. The number of benzene rings is 7. The van der Waals surface area contributed by atoms with Gasteiger partial charge in [-0.05, 0) is 107 Å². The van der Waals surface area contributed by atoms with Gasteiger partial charge in [0.1, 0.15) is 0 Å². The Kier molecular flexibility index (Phi) is 7.01. The highest BCUT2D eigenvalue weighted by Gasteiger charge is 2.19. The molecule has 3 nitrogen and oxygen atoms in total. The summed E-state index contributed by atoms with van der Waals surface area (Å²) in [6.07, 6.45) is 7.73. The number of hydrogen-bond acceptors (Lipinski definition) is 1. The van der Waals surface area contributed by atoms with Crippen molar-refractivity contribution in [2.45, 2.75) is 12.3 Å². The lowest BCUT2D eigenvalue weighted by molar-refractivity contribution is 0.868. The molecule has 0 fully saturated rings. The molecule has 1 aliphatic carbocycles. The molecule has 0 bridgehead atoms. The number of rotatable bonds is 5. The minimum Gasteiger partial charge on any atom is -0.309 e. The highest BCUT2D eigenvalue weighted by atomic mass is 15.0. The van der Waals surface area contributed by atoms with Gasteiger partial charge >= 0.3 is 0 Å². The number of aromatic nitrogens is 2. The van der Waals surface area contributed by atoms with Gasteiger partial charge in [-0.25, -0.2) is 0 Å². The van der Waals surface area contributed by atoms with Crippen LogP contribution in [0.3, 0.4) is 0 Å². The van der Waals surface area contributed by atoms with Crippen molar-refractivity contribution in [3.05, 3.63) is 199 Å². The van der Waals surface area contributed by atoms with Crippen molar-refractivity contribution >= 4 is 49.2 Å². The van der Waals surface area contributed by atoms with Gasteiger partial charge in [0.25, 0.3) is 0 Å². The van der Waals surface area contributed by atoms with E-state index in [-0.39, 0.29) is 0 Å². The maximum absolute atomic E-state index is 9.54. The van der Waals surface area contributed by atoms with Gasteiger partial charge in [-0.15, -0.1) is 0 Å². The van der Waals surface area contributed by atoms with Crippen LogP contribution in [-0.4, -0.2) is 9.13 Å². The van der Waals surface area contributed by atoms with Crippen LogP contribution in [0.4, 0.5) is 0 Å². The summed E-state index contributed by atoms with van der Waals surface area (Å²) < 4.78 is 4.71. The number of allylic oxidation sites excluding steroid dienone is 4. The number of nitrogens with zero attached hydrogens (tertiary/aromatic N) is 3. The van der Waals surface area contributed by atoms with Gasteiger partial charge in [0.2, 0.25) is 0 Å². The molecule has 9 aromatic rings. The summed E-state index contributed by atoms with van der Waals surface area (Å²) >= 11 is 0. The van der Waals surface area contributed by atoms with E-state index in [9.17, 15) is 5.26 Å². The zero-order valence-corrected chi connectivity index (χ0v) is 28.4. The minimum atomic E-state index is 0.350. The fourth-order valence-electron chi connectivity index (χ4n) is 8.19. The number of nitriles is 1. The van der Waals surface area contributed by atoms with Crippen molar-refractivity contribution in [3.63, 3.8) is 0 Å². The van der Waals surface area contributed by atoms with Crippen molar-refractivity contribution in [3.8, 4) is 28.6 Å². The molecular weight excluding hydrogens is 631 g/mol. The van der Waals surface area contributed by atoms with Crippen LogP contribution >= 0.6 is 0 Å². The molecular formula is C49H33N3. The van der Waals surface area contributed by atoms with Gasteiger partial charge in [0.05, 0.1) is 33.7 Å². The maximum atomic E-state index is 9.54. The van der Waals surface area contributed by atoms with E-state index in [1.807, 2.05) is 12.1 Å². The Balaban J connectivity index is 1.13. The van der Waals surface area contributed by atoms with Gasteiger partial charge in [-0.3, -0.25) is 0 Å². The largest absolute Gasteiger partial charge is 0.309 e. The molecule has 1 aliphatic rings. The lowest BCUT2D eigenvalue weighted by Gasteiger charge is -2.19. The third-order valence-corrected chi connectivity index (χ3v) is 10.7. The van der Waals surface area contributed by atoms with E-state index in [0.29, 0.717) is 11.5 Å². The van der Waals surface area contributed by atoms with E-state index >= 15 is 0 Å². The molecule has 1 atom stereocenters. The highest BCUT2D eigenvalue weighted by Crippen LogP contribution is 2.40. The number of para-hydroxylation sites is 2. The van der Waals surface area contributed by atoms with Crippen LogP contribution in [0.5, 0.6) is 0 Å². The third-order valence-electron chi connectivity index (χ3n) is 10.7. The average Bonchev–Trinajstić information content (AvgIpc) is 3.73. The number of fused-ring (bicyclic) bond motifs is 6. The molecule has 7 aromatic carbocycles. The molecule has 0 N–H and O–H groups in total. The first-order valence-electron chi connectivity index (χ1n) is 17.8. The molecule has 2 heterocycles. The summed E-state index contributed by atoms with van der Waals surface area (Å²) in [5.41, 5.74) is 13.8. The first-order chi connectivity index (χ1) is 25.7. The maximum Gasteiger partial charge on any atom is 0.0991 e. The molecule has 1 unspecified atom stereocenters. The van der Waals surface area contributed by atoms with Gasteiger partial charge in [0, 0.05) is 38.8 Å². The Labute approximate surface area is 302 Å². The second-order valence-electron chi connectivity index (χ2n) is 13.7. The zero-order valence-electron chi connectivity index (χ0n) is 28.4. The molecule has 0 spiro atoms. The molecule has 0 radical (unpaired) electrons. The molecule has 0 saturated carbocycles. The summed E-state index contributed by atoms with van der Waals surface area (Å²) in [6, 6.07) is 60.9. The molecule has 3 heteroatoms. The van der Waals surface area contributed by atoms with Crippen LogP contribution in [0.2, 0.25) is 0 Å². The Morgan fingerprint density at radius 2 is 1.06 bits per heavy atom. The van der Waals surface area contributed by atoms with Gasteiger partial charge in [-0.2, -0.15) is 5.26 Å². The van der Waals surface area contributed by atoms with Crippen molar-refractivity contribution in [2.24, 2.45) is 0 Å². The molecule has 0 aliphatic heterocycles. The van der Waals surface area contributed by atoms with Crippen LogP contribution in [0.15, 0.2) is 182 Å². The SMILES string of the molecule is N#Cc1ccc(-n2c3ccc(-c4ccc5c(c4)c4ccccc4n5-c4ccccc4)cc3c3ccc(C4=CC=CC(c5ccccc5)C4)cc32)cc1. The fourth-order valence-corrected chi connectivity index (χ4v) is 8.19. The highest BCUT2D eigenvalue weighted by molar-refractivity contribution is 6.13. The second kappa shape index (κ2) is 12.2. The van der Waals surface area contributed by atoms with Crippen molar-refractivity contribution in [1.29, 1.82) is 5.26 Å². The molecule has 0 amide bonds. The quantitative estimate of drug-likeness (QED) is 0.180. The van der Waals surface area contributed by atoms with Crippen molar-refractivity contribution in [1.82, 2.24) is 9.13 Å². The molecule has 10 rings (SSSR count). The van der Waals surface area contributed by atoms with E-state index in [0.717, 1.165) is 28.8 Å². The lowest BCUT2D eigenvalue weighted by atomic mass is 9.85. The first-order valence-corrected chi connectivity index (χ1v) is 17.8. The predicted octanol–water partition coefficient (Wildman–Crippen LogP) is 12.5. The van der Waals surface area contributed by atoms with Gasteiger partial charge in [-0.1, -0.05) is 109 Å². The van der Waals surface area contributed by atoms with Crippen LogP contribution in [-0.2, 0) is 0 Å². The topological polar surface area (TPSA) is 33.6 Å². The summed E-state index contributed by atoms with van der Waals surface area (Å²) in [4.78, 5) is 0. The lowest BCUT2D eigenvalue weighted by Crippen LogP contribution is -2.01. The first kappa shape index (κ1) is 30.0. The van der Waals surface area contributed by atoms with Crippen molar-refractivity contribution in [2.75, 3.05) is 0 Å². The monoisotopic (exact) mass is 663 g/mol. The summed E-state index contributed by atoms with van der Waals surface area (Å²) in [5, 5.41) is 14.4. The number of hydrogen-bond donors (Lipinski definition) is 0. The Morgan fingerprint density at radius 3 is 1.77 bits per heavy atom. The molecule has 2 aromatic heterocycles. The Hall–Kier alpha value is -6.89. The predicted molar refractivity (Wildman–Crippen MR) is 216 cm³/mol. The van der Waals surface area contributed by atoms with E-state index in [2.05, 4.69) is 185 Å². The summed E-state index contributed by atoms with van der Waals surface area (Å²) in [7, 11) is 0. The van der Waals surface area contributed by atoms with E-state index < -0.39 is 0 Å². The normalized spacial score (nSPS) is 14.3. The minimum absolute atomic E-state index is 0.350. The summed E-state index contributed by atoms with van der Waals surface area (Å²) in [6.45, 7) is 0. The van der Waals surface area contributed by atoms with Gasteiger partial charge in [0.15, 0.2) is 0 Å². The molecule has 244 valence electrons. The summed E-state index contributed by atoms with van der Waals surface area (Å²) in [5.74, 6) is 0.350. The third kappa shape index (κ3) is 4.88. The second-order valence-corrected chi connectivity index (χ2v) is 13.7. The van der Waals surface area contributed by atoms with E-state index in [4.69, 9.17) is 0 Å². The van der Waals surface area contributed by atoms with Crippen molar-refractivity contribution < 1.29 is 0 Å². The van der Waals surface area contributed by atoms with Crippen LogP contribution < -0.4 is 0 Å². The van der Waals surface area contributed by atoms with E-state index in [1.165, 1.54) is 60.4 Å². The molecule has 0 saturated heterocycles. The Morgan fingerprint density at radius 1 is 0.481 bits per heavy atom. The fraction of sp³-hybridized carbons (Fsp3) is 0.0408. The molecule has 52 heavy (non-hydrogen) atoms. The zero-order chi connectivity index (χ0) is 34.6. The van der Waals surface area contributed by atoms with E-state index in [1.54, 1.807) is 0 Å². The van der Waals surface area contributed by atoms with Crippen LogP contribution in [0.1, 0.15) is 29.0 Å². The van der Waals surface area contributed by atoms with Crippen LogP contribution in [0.25, 0.3) is 71.7 Å². The Bertz CT molecular complexity index is 2920.